The van der Waals surface area contributed by atoms with E-state index in [-0.39, 0.29) is 12.5 Å². The molecular weight excluding hydrogens is 426 g/mol. The van der Waals surface area contributed by atoms with Gasteiger partial charge in [0, 0.05) is 35.6 Å². The largest absolute Gasteiger partial charge is 0.482 e. The molecule has 1 aliphatic rings. The highest BCUT2D eigenvalue weighted by Crippen LogP contribution is 2.33. The summed E-state index contributed by atoms with van der Waals surface area (Å²) in [6.07, 6.45) is 11.6. The molecule has 1 N–H and O–H groups in total. The first-order chi connectivity index (χ1) is 16.7. The van der Waals surface area contributed by atoms with Gasteiger partial charge in [-0.2, -0.15) is 5.10 Å². The van der Waals surface area contributed by atoms with E-state index in [9.17, 15) is 4.79 Å². The lowest BCUT2D eigenvalue weighted by atomic mass is 9.88. The molecule has 4 aromatic rings. The standard InChI is InChI=1S/C28H25N3O3/c32-27(33)19-34-26-10-4-8-22-14-20(11-12-25(22)26)17-31-18-24(16-30-31)28(21-6-2-1-3-7-21)23-9-5-13-29-15-23/h1-10,13-16,18,28H,11-12,17,19H2,(H,32,33). The number of aliphatic carboxylic acids is 1. The molecule has 0 saturated heterocycles. The summed E-state index contributed by atoms with van der Waals surface area (Å²) >= 11 is 0. The number of carboxylic acid groups (broad SMARTS) is 1. The first-order valence-corrected chi connectivity index (χ1v) is 11.3. The van der Waals surface area contributed by atoms with Crippen LogP contribution in [0.25, 0.3) is 6.08 Å². The summed E-state index contributed by atoms with van der Waals surface area (Å²) in [7, 11) is 0. The fourth-order valence-corrected chi connectivity index (χ4v) is 4.56. The van der Waals surface area contributed by atoms with E-state index >= 15 is 0 Å². The lowest BCUT2D eigenvalue weighted by molar-refractivity contribution is -0.139. The Kier molecular flexibility index (Phi) is 6.21. The quantitative estimate of drug-likeness (QED) is 0.410. The third-order valence-corrected chi connectivity index (χ3v) is 6.08. The zero-order valence-electron chi connectivity index (χ0n) is 18.7. The molecule has 0 fully saturated rings. The first-order valence-electron chi connectivity index (χ1n) is 11.3. The van der Waals surface area contributed by atoms with E-state index in [1.165, 1.54) is 11.1 Å². The predicted octanol–water partition coefficient (Wildman–Crippen LogP) is 4.95. The number of hydrogen-bond acceptors (Lipinski definition) is 4. The van der Waals surface area contributed by atoms with Gasteiger partial charge in [0.15, 0.2) is 6.61 Å². The molecule has 170 valence electrons. The van der Waals surface area contributed by atoms with Crippen LogP contribution in [-0.2, 0) is 17.8 Å². The summed E-state index contributed by atoms with van der Waals surface area (Å²) in [4.78, 5) is 15.2. The fraction of sp³-hybridized carbons (Fsp3) is 0.179. The van der Waals surface area contributed by atoms with E-state index < -0.39 is 5.97 Å². The Balaban J connectivity index is 1.38. The predicted molar refractivity (Wildman–Crippen MR) is 130 cm³/mol. The van der Waals surface area contributed by atoms with Gasteiger partial charge in [0.05, 0.1) is 12.7 Å². The average molecular weight is 452 g/mol. The third kappa shape index (κ3) is 4.76. The number of allylic oxidation sites excluding steroid dienone is 1. The van der Waals surface area contributed by atoms with Crippen LogP contribution in [0.15, 0.2) is 91.0 Å². The van der Waals surface area contributed by atoms with Crippen molar-refractivity contribution < 1.29 is 14.6 Å². The summed E-state index contributed by atoms with van der Waals surface area (Å²) in [5.74, 6) is -0.253. The highest BCUT2D eigenvalue weighted by molar-refractivity contribution is 5.69. The number of hydrogen-bond donors (Lipinski definition) is 1. The van der Waals surface area contributed by atoms with E-state index in [0.29, 0.717) is 12.3 Å². The number of carboxylic acids is 1. The van der Waals surface area contributed by atoms with Gasteiger partial charge in [0.2, 0.25) is 0 Å². The van der Waals surface area contributed by atoms with Crippen molar-refractivity contribution >= 4 is 12.0 Å². The van der Waals surface area contributed by atoms with Crippen LogP contribution >= 0.6 is 0 Å². The number of ether oxygens (including phenoxy) is 1. The molecule has 2 aromatic heterocycles. The maximum Gasteiger partial charge on any atom is 0.341 e. The van der Waals surface area contributed by atoms with Crippen molar-refractivity contribution in [2.24, 2.45) is 0 Å². The Morgan fingerprint density at radius 3 is 2.62 bits per heavy atom. The van der Waals surface area contributed by atoms with Crippen molar-refractivity contribution in [3.63, 3.8) is 0 Å². The summed E-state index contributed by atoms with van der Waals surface area (Å²) in [6.45, 7) is 0.372. The zero-order valence-corrected chi connectivity index (χ0v) is 18.7. The van der Waals surface area contributed by atoms with Crippen molar-refractivity contribution in [1.29, 1.82) is 0 Å². The van der Waals surface area contributed by atoms with E-state index in [0.717, 1.165) is 35.1 Å². The minimum absolute atomic E-state index is 0.0682. The molecule has 6 heteroatoms. The number of carbonyl (C=O) groups is 1. The monoisotopic (exact) mass is 451 g/mol. The van der Waals surface area contributed by atoms with Crippen LogP contribution in [0.3, 0.4) is 0 Å². The SMILES string of the molecule is O=C(O)COc1cccc2c1CCC(Cn1cc(C(c3ccccc3)c3cccnc3)cn1)=C2. The minimum atomic E-state index is -0.973. The van der Waals surface area contributed by atoms with Crippen LogP contribution in [-0.4, -0.2) is 32.4 Å². The summed E-state index contributed by atoms with van der Waals surface area (Å²) in [5, 5.41) is 13.6. The third-order valence-electron chi connectivity index (χ3n) is 6.08. The molecule has 6 nitrogen and oxygen atoms in total. The maximum atomic E-state index is 10.9. The number of pyridine rings is 1. The highest BCUT2D eigenvalue weighted by Gasteiger charge is 2.20. The molecule has 0 spiro atoms. The first kappa shape index (κ1) is 21.6. The number of nitrogens with zero attached hydrogens (tertiary/aromatic N) is 3. The molecule has 0 bridgehead atoms. The lowest BCUT2D eigenvalue weighted by Gasteiger charge is -2.19. The number of aromatic nitrogens is 3. The number of fused-ring (bicyclic) bond motifs is 1. The second-order valence-electron chi connectivity index (χ2n) is 8.41. The molecule has 34 heavy (non-hydrogen) atoms. The van der Waals surface area contributed by atoms with Crippen LogP contribution in [0.4, 0.5) is 0 Å². The summed E-state index contributed by atoms with van der Waals surface area (Å²) in [5.41, 5.74) is 6.88. The molecular formula is C28H25N3O3. The zero-order chi connectivity index (χ0) is 23.3. The Morgan fingerprint density at radius 1 is 0.971 bits per heavy atom. The van der Waals surface area contributed by atoms with E-state index in [1.807, 2.05) is 47.4 Å². The van der Waals surface area contributed by atoms with Crippen molar-refractivity contribution in [3.8, 4) is 5.75 Å². The van der Waals surface area contributed by atoms with Crippen LogP contribution in [0.1, 0.15) is 40.2 Å². The maximum absolute atomic E-state index is 10.9. The Bertz CT molecular complexity index is 1270. The Morgan fingerprint density at radius 2 is 1.82 bits per heavy atom. The van der Waals surface area contributed by atoms with Crippen molar-refractivity contribution in [1.82, 2.24) is 14.8 Å². The number of rotatable bonds is 8. The Hall–Kier alpha value is -4.19. The lowest BCUT2D eigenvalue weighted by Crippen LogP contribution is -2.12. The average Bonchev–Trinajstić information content (AvgIpc) is 3.31. The molecule has 5 rings (SSSR count). The molecule has 1 unspecified atom stereocenters. The fourth-order valence-electron chi connectivity index (χ4n) is 4.56. The highest BCUT2D eigenvalue weighted by atomic mass is 16.5. The van der Waals surface area contributed by atoms with Gasteiger partial charge in [0.1, 0.15) is 5.75 Å². The van der Waals surface area contributed by atoms with Gasteiger partial charge in [-0.15, -0.1) is 0 Å². The smallest absolute Gasteiger partial charge is 0.341 e. The molecule has 1 atom stereocenters. The van der Waals surface area contributed by atoms with Gasteiger partial charge in [0.25, 0.3) is 0 Å². The molecule has 0 saturated carbocycles. The summed E-state index contributed by atoms with van der Waals surface area (Å²) < 4.78 is 7.47. The van der Waals surface area contributed by atoms with E-state index in [1.54, 1.807) is 6.20 Å². The van der Waals surface area contributed by atoms with Gasteiger partial charge in [-0.25, -0.2) is 4.79 Å². The normalized spacial score (nSPS) is 13.6. The van der Waals surface area contributed by atoms with Gasteiger partial charge in [-0.1, -0.05) is 54.6 Å². The van der Waals surface area contributed by atoms with Crippen molar-refractivity contribution in [2.45, 2.75) is 25.3 Å². The topological polar surface area (TPSA) is 77.2 Å². The van der Waals surface area contributed by atoms with Gasteiger partial charge in [-0.3, -0.25) is 9.67 Å². The van der Waals surface area contributed by atoms with Crippen molar-refractivity contribution in [2.75, 3.05) is 6.61 Å². The van der Waals surface area contributed by atoms with Crippen LogP contribution in [0, 0.1) is 0 Å². The van der Waals surface area contributed by atoms with Gasteiger partial charge in [-0.05, 0) is 47.2 Å². The van der Waals surface area contributed by atoms with Crippen LogP contribution in [0.2, 0.25) is 0 Å². The molecule has 0 amide bonds. The Labute approximate surface area is 198 Å². The van der Waals surface area contributed by atoms with Crippen LogP contribution < -0.4 is 4.74 Å². The number of benzene rings is 2. The van der Waals surface area contributed by atoms with Crippen LogP contribution in [0.5, 0.6) is 5.75 Å². The van der Waals surface area contributed by atoms with Gasteiger partial charge < -0.3 is 9.84 Å². The molecule has 0 radical (unpaired) electrons. The van der Waals surface area contributed by atoms with Gasteiger partial charge >= 0.3 is 5.97 Å². The van der Waals surface area contributed by atoms with E-state index in [4.69, 9.17) is 9.84 Å². The molecule has 1 aliphatic carbocycles. The molecule has 2 heterocycles. The van der Waals surface area contributed by atoms with Crippen molar-refractivity contribution in [3.05, 3.63) is 119 Å². The second-order valence-corrected chi connectivity index (χ2v) is 8.41. The molecule has 2 aromatic carbocycles. The minimum Gasteiger partial charge on any atom is -0.482 e. The van der Waals surface area contributed by atoms with E-state index in [2.05, 4.69) is 52.7 Å². The molecule has 0 aliphatic heterocycles. The second kappa shape index (κ2) is 9.75. The summed E-state index contributed by atoms with van der Waals surface area (Å²) in [6, 6.07) is 20.3.